The van der Waals surface area contributed by atoms with Crippen LogP contribution in [0.25, 0.3) is 0 Å². The topological polar surface area (TPSA) is 29.1 Å². The van der Waals surface area contributed by atoms with Crippen molar-refractivity contribution in [1.29, 1.82) is 0 Å². The summed E-state index contributed by atoms with van der Waals surface area (Å²) in [6.07, 6.45) is 0. The lowest BCUT2D eigenvalue weighted by Gasteiger charge is -2.17. The van der Waals surface area contributed by atoms with Gasteiger partial charge in [-0.25, -0.2) is 0 Å². The minimum atomic E-state index is -0.336. The monoisotopic (exact) mass is 323 g/mol. The predicted octanol–water partition coefficient (Wildman–Crippen LogP) is 3.65. The number of thiophene rings is 1. The molecule has 4 heteroatoms. The second-order valence-corrected chi connectivity index (χ2v) is 6.96. The number of aryl methyl sites for hydroxylation is 1. The molecule has 0 aliphatic rings. The molecule has 0 atom stereocenters. The first-order valence-corrected chi connectivity index (χ1v) is 6.33. The van der Waals surface area contributed by atoms with E-state index in [9.17, 15) is 4.79 Å². The van der Waals surface area contributed by atoms with Crippen molar-refractivity contribution in [3.8, 4) is 0 Å². The highest BCUT2D eigenvalue weighted by Crippen LogP contribution is 2.30. The molecule has 0 radical (unpaired) electrons. The van der Waals surface area contributed by atoms with Crippen LogP contribution in [0.3, 0.4) is 0 Å². The van der Waals surface area contributed by atoms with Gasteiger partial charge in [0, 0.05) is 5.41 Å². The fraction of sp³-hybridized carbons (Fsp3) is 0.500. The summed E-state index contributed by atoms with van der Waals surface area (Å²) in [7, 11) is 0. The minimum Gasteiger partial charge on any atom is -0.324 e. The fourth-order valence-corrected chi connectivity index (χ4v) is 2.53. The van der Waals surface area contributed by atoms with Gasteiger partial charge in [-0.1, -0.05) is 20.8 Å². The molecule has 2 nitrogen and oxygen atoms in total. The van der Waals surface area contributed by atoms with Crippen LogP contribution >= 0.6 is 33.9 Å². The van der Waals surface area contributed by atoms with E-state index >= 15 is 0 Å². The Morgan fingerprint density at radius 1 is 1.50 bits per heavy atom. The van der Waals surface area contributed by atoms with Gasteiger partial charge in [-0.3, -0.25) is 4.79 Å². The van der Waals surface area contributed by atoms with Gasteiger partial charge >= 0.3 is 0 Å². The summed E-state index contributed by atoms with van der Waals surface area (Å²) in [6, 6.07) is 0. The Hall–Kier alpha value is -0.100. The van der Waals surface area contributed by atoms with Crippen molar-refractivity contribution in [2.75, 3.05) is 5.32 Å². The van der Waals surface area contributed by atoms with Crippen LogP contribution in [0.15, 0.2) is 5.38 Å². The van der Waals surface area contributed by atoms with E-state index in [-0.39, 0.29) is 11.3 Å². The molecule has 1 heterocycles. The fourth-order valence-electron chi connectivity index (χ4n) is 0.862. The highest BCUT2D eigenvalue weighted by atomic mass is 127. The number of nitrogens with one attached hydrogen (secondary N) is 1. The quantitative estimate of drug-likeness (QED) is 0.786. The van der Waals surface area contributed by atoms with E-state index in [1.807, 2.05) is 27.7 Å². The van der Waals surface area contributed by atoms with Gasteiger partial charge in [-0.05, 0) is 40.5 Å². The molecule has 1 amide bonds. The third kappa shape index (κ3) is 2.70. The van der Waals surface area contributed by atoms with E-state index in [0.29, 0.717) is 0 Å². The van der Waals surface area contributed by atoms with Crippen LogP contribution in [0, 0.1) is 15.2 Å². The maximum Gasteiger partial charge on any atom is 0.229 e. The minimum absolute atomic E-state index is 0.0666. The van der Waals surface area contributed by atoms with E-state index in [1.54, 1.807) is 11.3 Å². The van der Waals surface area contributed by atoms with E-state index < -0.39 is 0 Å². The molecule has 14 heavy (non-hydrogen) atoms. The number of hydrogen-bond acceptors (Lipinski definition) is 2. The van der Waals surface area contributed by atoms with Crippen molar-refractivity contribution in [3.63, 3.8) is 0 Å². The lowest BCUT2D eigenvalue weighted by atomic mass is 9.95. The molecule has 1 rings (SSSR count). The van der Waals surface area contributed by atoms with E-state index in [4.69, 9.17) is 0 Å². The largest absolute Gasteiger partial charge is 0.324 e. The molecule has 1 N–H and O–H groups in total. The van der Waals surface area contributed by atoms with E-state index in [1.165, 1.54) is 0 Å². The zero-order chi connectivity index (χ0) is 10.9. The van der Waals surface area contributed by atoms with Crippen LogP contribution in [-0.4, -0.2) is 5.91 Å². The summed E-state index contributed by atoms with van der Waals surface area (Å²) in [5, 5.41) is 5.02. The standard InChI is InChI=1S/C10H14INOS/c1-6-5-14-8(11)7(6)12-9(13)10(2,3)4/h5H,1-4H3,(H,12,13). The Bertz CT molecular complexity index is 332. The van der Waals surface area contributed by atoms with Crippen LogP contribution < -0.4 is 5.32 Å². The summed E-state index contributed by atoms with van der Waals surface area (Å²) in [5.74, 6) is 0.0666. The zero-order valence-electron chi connectivity index (χ0n) is 8.77. The van der Waals surface area contributed by atoms with Gasteiger partial charge < -0.3 is 5.32 Å². The van der Waals surface area contributed by atoms with Gasteiger partial charge in [0.15, 0.2) is 0 Å². The summed E-state index contributed by atoms with van der Waals surface area (Å²) in [6.45, 7) is 7.75. The second-order valence-electron chi connectivity index (χ2n) is 4.27. The Labute approximate surface area is 102 Å². The van der Waals surface area contributed by atoms with Crippen molar-refractivity contribution < 1.29 is 4.79 Å². The lowest BCUT2D eigenvalue weighted by molar-refractivity contribution is -0.123. The molecular weight excluding hydrogens is 309 g/mol. The average molecular weight is 323 g/mol. The third-order valence-electron chi connectivity index (χ3n) is 1.85. The van der Waals surface area contributed by atoms with Crippen molar-refractivity contribution in [2.24, 2.45) is 5.41 Å². The number of anilines is 1. The van der Waals surface area contributed by atoms with Gasteiger partial charge in [-0.2, -0.15) is 0 Å². The first-order chi connectivity index (χ1) is 6.32. The third-order valence-corrected chi connectivity index (χ3v) is 4.03. The Balaban J connectivity index is 2.85. The van der Waals surface area contributed by atoms with E-state index in [2.05, 4.69) is 33.3 Å². The van der Waals surface area contributed by atoms with Gasteiger partial charge in [-0.15, -0.1) is 11.3 Å². The van der Waals surface area contributed by atoms with Crippen molar-refractivity contribution in [2.45, 2.75) is 27.7 Å². The van der Waals surface area contributed by atoms with Crippen LogP contribution in [0.2, 0.25) is 0 Å². The van der Waals surface area contributed by atoms with E-state index in [0.717, 1.165) is 14.1 Å². The maximum absolute atomic E-state index is 11.7. The molecule has 0 fully saturated rings. The van der Waals surface area contributed by atoms with Crippen molar-refractivity contribution in [3.05, 3.63) is 13.8 Å². The number of carbonyl (C=O) groups excluding carboxylic acids is 1. The summed E-state index contributed by atoms with van der Waals surface area (Å²) >= 11 is 3.90. The zero-order valence-corrected chi connectivity index (χ0v) is 11.7. The number of carbonyl (C=O) groups is 1. The maximum atomic E-state index is 11.7. The number of amides is 1. The molecular formula is C10H14INOS. The molecule has 0 saturated carbocycles. The lowest BCUT2D eigenvalue weighted by Crippen LogP contribution is -2.27. The molecule has 1 aromatic heterocycles. The Morgan fingerprint density at radius 2 is 2.07 bits per heavy atom. The molecule has 78 valence electrons. The highest BCUT2D eigenvalue weighted by molar-refractivity contribution is 14.1. The predicted molar refractivity (Wildman–Crippen MR) is 69.9 cm³/mol. The van der Waals surface area contributed by atoms with Crippen molar-refractivity contribution >= 4 is 45.5 Å². The first kappa shape index (κ1) is 12.0. The molecule has 0 unspecified atom stereocenters. The number of halogens is 1. The molecule has 0 aliphatic carbocycles. The smallest absolute Gasteiger partial charge is 0.229 e. The van der Waals surface area contributed by atoms with Gasteiger partial charge in [0.25, 0.3) is 0 Å². The summed E-state index contributed by atoms with van der Waals surface area (Å²) in [5.41, 5.74) is 1.77. The van der Waals surface area contributed by atoms with Gasteiger partial charge in [0.1, 0.15) is 0 Å². The Kier molecular flexibility index (Phi) is 3.58. The molecule has 0 aliphatic heterocycles. The molecule has 0 spiro atoms. The first-order valence-electron chi connectivity index (χ1n) is 4.37. The van der Waals surface area contributed by atoms with Crippen LogP contribution in [0.1, 0.15) is 26.3 Å². The second kappa shape index (κ2) is 4.18. The summed E-state index contributed by atoms with van der Waals surface area (Å²) < 4.78 is 1.14. The number of hydrogen-bond donors (Lipinski definition) is 1. The molecule has 1 aromatic rings. The average Bonchev–Trinajstić information content (AvgIpc) is 2.34. The summed E-state index contributed by atoms with van der Waals surface area (Å²) in [4.78, 5) is 11.7. The Morgan fingerprint density at radius 3 is 2.43 bits per heavy atom. The van der Waals surface area contributed by atoms with Gasteiger partial charge in [0.05, 0.1) is 8.57 Å². The molecule has 0 aromatic carbocycles. The van der Waals surface area contributed by atoms with Crippen LogP contribution in [-0.2, 0) is 4.79 Å². The molecule has 0 saturated heterocycles. The van der Waals surface area contributed by atoms with Gasteiger partial charge in [0.2, 0.25) is 5.91 Å². The highest BCUT2D eigenvalue weighted by Gasteiger charge is 2.22. The van der Waals surface area contributed by atoms with Crippen LogP contribution in [0.4, 0.5) is 5.69 Å². The number of rotatable bonds is 1. The molecule has 0 bridgehead atoms. The van der Waals surface area contributed by atoms with Crippen molar-refractivity contribution in [1.82, 2.24) is 0 Å². The SMILES string of the molecule is Cc1csc(I)c1NC(=O)C(C)(C)C. The van der Waals surface area contributed by atoms with Crippen LogP contribution in [0.5, 0.6) is 0 Å². The normalized spacial score (nSPS) is 11.5.